The van der Waals surface area contributed by atoms with E-state index >= 15 is 0 Å². The van der Waals surface area contributed by atoms with Gasteiger partial charge in [-0.1, -0.05) is 11.6 Å². The Bertz CT molecular complexity index is 897. The van der Waals surface area contributed by atoms with Crippen LogP contribution in [0.1, 0.15) is 16.8 Å². The standard InChI is InChI=1S/C20H20ClNO6/c1-25-15-11-14-16(19(27-3)18(15)26-2)17(23)20(24)22(14)9-4-10-28-13-7-5-12(21)6-8-13/h5-8,11H,4,9-10H2,1-3H3. The molecular formula is C20H20ClNO6. The van der Waals surface area contributed by atoms with Crippen molar-refractivity contribution in [2.24, 2.45) is 0 Å². The fourth-order valence-corrected chi connectivity index (χ4v) is 3.21. The highest BCUT2D eigenvalue weighted by Gasteiger charge is 2.40. The van der Waals surface area contributed by atoms with Gasteiger partial charge in [-0.2, -0.15) is 0 Å². The van der Waals surface area contributed by atoms with E-state index in [0.717, 1.165) is 0 Å². The number of amides is 1. The second kappa shape index (κ2) is 8.39. The average Bonchev–Trinajstić information content (AvgIpc) is 2.95. The van der Waals surface area contributed by atoms with Crippen LogP contribution in [0.5, 0.6) is 23.0 Å². The summed E-state index contributed by atoms with van der Waals surface area (Å²) in [4.78, 5) is 26.5. The molecule has 0 saturated heterocycles. The zero-order chi connectivity index (χ0) is 20.3. The van der Waals surface area contributed by atoms with Crippen molar-refractivity contribution in [2.75, 3.05) is 39.4 Å². The van der Waals surface area contributed by atoms with Crippen LogP contribution < -0.4 is 23.8 Å². The number of nitrogens with zero attached hydrogens (tertiary/aromatic N) is 1. The lowest BCUT2D eigenvalue weighted by Crippen LogP contribution is -2.31. The van der Waals surface area contributed by atoms with Crippen LogP contribution in [0.25, 0.3) is 0 Å². The molecule has 1 amide bonds. The van der Waals surface area contributed by atoms with Crippen LogP contribution in [-0.2, 0) is 4.79 Å². The number of carbonyl (C=O) groups excluding carboxylic acids is 2. The molecule has 0 saturated carbocycles. The summed E-state index contributed by atoms with van der Waals surface area (Å²) in [5.74, 6) is 0.277. The zero-order valence-electron chi connectivity index (χ0n) is 15.8. The van der Waals surface area contributed by atoms with Crippen LogP contribution in [-0.4, -0.2) is 46.2 Å². The monoisotopic (exact) mass is 405 g/mol. The first-order chi connectivity index (χ1) is 13.5. The summed E-state index contributed by atoms with van der Waals surface area (Å²) in [6.07, 6.45) is 0.526. The molecule has 0 aromatic heterocycles. The van der Waals surface area contributed by atoms with Gasteiger partial charge in [0.15, 0.2) is 11.5 Å². The maximum absolute atomic E-state index is 12.5. The largest absolute Gasteiger partial charge is 0.494 e. The van der Waals surface area contributed by atoms with Crippen LogP contribution in [0, 0.1) is 0 Å². The quantitative estimate of drug-likeness (QED) is 0.495. The number of carbonyl (C=O) groups is 2. The molecule has 8 heteroatoms. The van der Waals surface area contributed by atoms with Gasteiger partial charge in [-0.15, -0.1) is 0 Å². The Morgan fingerprint density at radius 3 is 2.25 bits per heavy atom. The number of ketones is 1. The lowest BCUT2D eigenvalue weighted by atomic mass is 10.1. The minimum absolute atomic E-state index is 0.184. The second-order valence-electron chi connectivity index (χ2n) is 5.98. The molecule has 28 heavy (non-hydrogen) atoms. The number of methoxy groups -OCH3 is 3. The Morgan fingerprint density at radius 2 is 1.64 bits per heavy atom. The maximum Gasteiger partial charge on any atom is 0.299 e. The average molecular weight is 406 g/mol. The molecule has 0 fully saturated rings. The summed E-state index contributed by atoms with van der Waals surface area (Å²) < 4.78 is 21.6. The number of benzene rings is 2. The summed E-state index contributed by atoms with van der Waals surface area (Å²) in [6.45, 7) is 0.684. The van der Waals surface area contributed by atoms with Gasteiger partial charge in [0.05, 0.1) is 39.2 Å². The second-order valence-corrected chi connectivity index (χ2v) is 6.42. The SMILES string of the molecule is COc1cc2c(c(OC)c1OC)C(=O)C(=O)N2CCCOc1ccc(Cl)cc1. The molecule has 2 aromatic carbocycles. The predicted octanol–water partition coefficient (Wildman–Crippen LogP) is 3.36. The normalized spacial score (nSPS) is 12.8. The first-order valence-electron chi connectivity index (χ1n) is 8.59. The third-order valence-corrected chi connectivity index (χ3v) is 4.63. The van der Waals surface area contributed by atoms with Crippen molar-refractivity contribution in [3.63, 3.8) is 0 Å². The first-order valence-corrected chi connectivity index (χ1v) is 8.97. The Morgan fingerprint density at radius 1 is 0.964 bits per heavy atom. The van der Waals surface area contributed by atoms with E-state index in [9.17, 15) is 9.59 Å². The summed E-state index contributed by atoms with van der Waals surface area (Å²) in [5, 5.41) is 0.628. The minimum atomic E-state index is -0.633. The molecule has 1 heterocycles. The number of halogens is 1. The van der Waals surface area contributed by atoms with Gasteiger partial charge in [-0.05, 0) is 30.7 Å². The molecule has 0 radical (unpaired) electrons. The van der Waals surface area contributed by atoms with Gasteiger partial charge >= 0.3 is 0 Å². The number of ether oxygens (including phenoxy) is 4. The Hall–Kier alpha value is -2.93. The molecule has 148 valence electrons. The number of rotatable bonds is 8. The highest BCUT2D eigenvalue weighted by molar-refractivity contribution is 6.53. The van der Waals surface area contributed by atoms with Gasteiger partial charge in [-0.25, -0.2) is 0 Å². The summed E-state index contributed by atoms with van der Waals surface area (Å²) in [6, 6.07) is 8.62. The molecule has 0 N–H and O–H groups in total. The van der Waals surface area contributed by atoms with Crippen LogP contribution in [0.2, 0.25) is 5.02 Å². The third kappa shape index (κ3) is 3.57. The van der Waals surface area contributed by atoms with Crippen molar-refractivity contribution in [2.45, 2.75) is 6.42 Å². The molecular weight excluding hydrogens is 386 g/mol. The van der Waals surface area contributed by atoms with Crippen LogP contribution in [0.3, 0.4) is 0 Å². The number of fused-ring (bicyclic) bond motifs is 1. The molecule has 3 rings (SSSR count). The fourth-order valence-electron chi connectivity index (χ4n) is 3.08. The molecule has 0 aliphatic carbocycles. The van der Waals surface area contributed by atoms with Crippen molar-refractivity contribution in [3.8, 4) is 23.0 Å². The van der Waals surface area contributed by atoms with E-state index in [1.54, 1.807) is 30.3 Å². The van der Waals surface area contributed by atoms with Gasteiger partial charge in [0.2, 0.25) is 5.75 Å². The summed E-state index contributed by atoms with van der Waals surface area (Å²) in [5.41, 5.74) is 0.625. The highest BCUT2D eigenvalue weighted by atomic mass is 35.5. The number of anilines is 1. The third-order valence-electron chi connectivity index (χ3n) is 4.37. The Labute approximate surface area is 167 Å². The van der Waals surface area contributed by atoms with E-state index in [0.29, 0.717) is 41.8 Å². The predicted molar refractivity (Wildman–Crippen MR) is 104 cm³/mol. The van der Waals surface area contributed by atoms with E-state index in [-0.39, 0.29) is 17.1 Å². The highest BCUT2D eigenvalue weighted by Crippen LogP contribution is 2.48. The maximum atomic E-state index is 12.5. The fraction of sp³-hybridized carbons (Fsp3) is 0.300. The van der Waals surface area contributed by atoms with E-state index in [1.807, 2.05) is 0 Å². The van der Waals surface area contributed by atoms with Gasteiger partial charge in [0.1, 0.15) is 5.75 Å². The van der Waals surface area contributed by atoms with Gasteiger partial charge in [-0.3, -0.25) is 9.59 Å². The van der Waals surface area contributed by atoms with E-state index < -0.39 is 11.7 Å². The molecule has 1 aliphatic rings. The summed E-state index contributed by atoms with van der Waals surface area (Å²) in [7, 11) is 4.34. The van der Waals surface area contributed by atoms with Gasteiger partial charge in [0.25, 0.3) is 11.7 Å². The zero-order valence-corrected chi connectivity index (χ0v) is 16.5. The smallest absolute Gasteiger partial charge is 0.299 e. The topological polar surface area (TPSA) is 74.3 Å². The molecule has 0 atom stereocenters. The van der Waals surface area contributed by atoms with Crippen molar-refractivity contribution in [3.05, 3.63) is 40.9 Å². The van der Waals surface area contributed by atoms with Crippen molar-refractivity contribution in [1.29, 1.82) is 0 Å². The van der Waals surface area contributed by atoms with E-state index in [1.165, 1.54) is 26.2 Å². The lowest BCUT2D eigenvalue weighted by molar-refractivity contribution is -0.114. The summed E-state index contributed by atoms with van der Waals surface area (Å²) >= 11 is 5.85. The number of Topliss-reactive ketones (excluding diaryl/α,β-unsaturated/α-hetero) is 1. The van der Waals surface area contributed by atoms with E-state index in [4.69, 9.17) is 30.5 Å². The molecule has 0 spiro atoms. The number of hydrogen-bond donors (Lipinski definition) is 0. The lowest BCUT2D eigenvalue weighted by Gasteiger charge is -2.19. The van der Waals surface area contributed by atoms with Gasteiger partial charge < -0.3 is 23.8 Å². The van der Waals surface area contributed by atoms with Crippen LogP contribution >= 0.6 is 11.6 Å². The van der Waals surface area contributed by atoms with Gasteiger partial charge in [0, 0.05) is 17.6 Å². The Balaban J connectivity index is 1.78. The van der Waals surface area contributed by atoms with Crippen molar-refractivity contribution >= 4 is 29.0 Å². The molecule has 2 aromatic rings. The first kappa shape index (κ1) is 19.8. The molecule has 0 bridgehead atoms. The van der Waals surface area contributed by atoms with E-state index in [2.05, 4.69) is 0 Å². The van der Waals surface area contributed by atoms with Crippen molar-refractivity contribution < 1.29 is 28.5 Å². The molecule has 1 aliphatic heterocycles. The van der Waals surface area contributed by atoms with Crippen LogP contribution in [0.4, 0.5) is 5.69 Å². The van der Waals surface area contributed by atoms with Crippen LogP contribution in [0.15, 0.2) is 30.3 Å². The van der Waals surface area contributed by atoms with Crippen molar-refractivity contribution in [1.82, 2.24) is 0 Å². The minimum Gasteiger partial charge on any atom is -0.494 e. The molecule has 0 unspecified atom stereocenters. The molecule has 7 nitrogen and oxygen atoms in total. The Kier molecular flexibility index (Phi) is 5.94. The number of hydrogen-bond acceptors (Lipinski definition) is 6.